The Hall–Kier alpha value is -1.95. The van der Waals surface area contributed by atoms with E-state index in [1.165, 1.54) is 14.2 Å². The molecule has 3 atom stereocenters. The van der Waals surface area contributed by atoms with Gasteiger partial charge >= 0.3 is 11.9 Å². The highest BCUT2D eigenvalue weighted by atomic mass is 16.5. The molecule has 6 heteroatoms. The van der Waals surface area contributed by atoms with E-state index in [1.54, 1.807) is 12.3 Å². The van der Waals surface area contributed by atoms with E-state index in [-0.39, 0.29) is 18.0 Å². The van der Waals surface area contributed by atoms with Crippen LogP contribution in [0, 0.1) is 5.92 Å². The van der Waals surface area contributed by atoms with Gasteiger partial charge in [-0.3, -0.25) is 19.9 Å². The van der Waals surface area contributed by atoms with Gasteiger partial charge in [-0.15, -0.1) is 0 Å². The molecule has 1 aliphatic heterocycles. The number of esters is 2. The summed E-state index contributed by atoms with van der Waals surface area (Å²) in [6.45, 7) is 0. The van der Waals surface area contributed by atoms with Crippen LogP contribution in [0.5, 0.6) is 0 Å². The SMILES string of the molecule is COC(=O)[C@H]1C[C@@H](C(=O)OC)[C@@H](c2ccccn2)N1. The Morgan fingerprint density at radius 1 is 1.26 bits per heavy atom. The van der Waals surface area contributed by atoms with Crippen LogP contribution in [0.15, 0.2) is 24.4 Å². The van der Waals surface area contributed by atoms with E-state index in [2.05, 4.69) is 10.3 Å². The maximum Gasteiger partial charge on any atom is 0.322 e. The molecule has 1 aliphatic rings. The number of pyridine rings is 1. The maximum atomic E-state index is 11.8. The van der Waals surface area contributed by atoms with Gasteiger partial charge in [-0.2, -0.15) is 0 Å². The number of carbonyl (C=O) groups excluding carboxylic acids is 2. The highest BCUT2D eigenvalue weighted by Crippen LogP contribution is 2.32. The summed E-state index contributed by atoms with van der Waals surface area (Å²) in [6, 6.07) is 4.60. The third-order valence-corrected chi connectivity index (χ3v) is 3.27. The summed E-state index contributed by atoms with van der Waals surface area (Å²) in [6.07, 6.45) is 2.00. The molecule has 0 bridgehead atoms. The smallest absolute Gasteiger partial charge is 0.322 e. The first-order valence-corrected chi connectivity index (χ1v) is 6.00. The standard InChI is InChI=1S/C13H16N2O4/c1-18-12(16)8-7-10(13(17)19-2)15-11(8)9-5-3-4-6-14-9/h3-6,8,10-11,15H,7H2,1-2H3/t8-,10-,11+/m1/s1. The number of carbonyl (C=O) groups is 2. The lowest BCUT2D eigenvalue weighted by Crippen LogP contribution is -2.33. The predicted molar refractivity (Wildman–Crippen MR) is 66.0 cm³/mol. The lowest BCUT2D eigenvalue weighted by molar-refractivity contribution is -0.146. The molecule has 0 saturated carbocycles. The van der Waals surface area contributed by atoms with Crippen LogP contribution in [0.4, 0.5) is 0 Å². The van der Waals surface area contributed by atoms with E-state index >= 15 is 0 Å². The van der Waals surface area contributed by atoms with Crippen molar-refractivity contribution >= 4 is 11.9 Å². The van der Waals surface area contributed by atoms with Crippen molar-refractivity contribution in [1.29, 1.82) is 0 Å². The minimum atomic E-state index is -0.513. The van der Waals surface area contributed by atoms with Crippen molar-refractivity contribution in [2.75, 3.05) is 14.2 Å². The second-order valence-electron chi connectivity index (χ2n) is 4.34. The Bertz CT molecular complexity index is 463. The van der Waals surface area contributed by atoms with Gasteiger partial charge in [0, 0.05) is 6.20 Å². The Kier molecular flexibility index (Phi) is 4.11. The zero-order valence-corrected chi connectivity index (χ0v) is 10.8. The molecule has 6 nitrogen and oxygen atoms in total. The van der Waals surface area contributed by atoms with Crippen molar-refractivity contribution in [3.05, 3.63) is 30.1 Å². The fourth-order valence-electron chi connectivity index (χ4n) is 2.33. The van der Waals surface area contributed by atoms with Crippen molar-refractivity contribution in [2.24, 2.45) is 5.92 Å². The first-order valence-electron chi connectivity index (χ1n) is 6.00. The maximum absolute atomic E-state index is 11.8. The molecule has 0 amide bonds. The van der Waals surface area contributed by atoms with Gasteiger partial charge in [0.15, 0.2) is 0 Å². The number of rotatable bonds is 3. The molecule has 0 radical (unpaired) electrons. The van der Waals surface area contributed by atoms with Gasteiger partial charge in [-0.05, 0) is 18.6 Å². The number of aromatic nitrogens is 1. The van der Waals surface area contributed by atoms with Crippen LogP contribution in [-0.4, -0.2) is 37.2 Å². The minimum absolute atomic E-state index is 0.335. The summed E-state index contributed by atoms with van der Waals surface area (Å²) in [5, 5.41) is 3.09. The third kappa shape index (κ3) is 2.73. The zero-order chi connectivity index (χ0) is 13.8. The van der Waals surface area contributed by atoms with Crippen molar-refractivity contribution in [2.45, 2.75) is 18.5 Å². The summed E-state index contributed by atoms with van der Waals surface area (Å²) in [4.78, 5) is 27.6. The topological polar surface area (TPSA) is 77.5 Å². The van der Waals surface area contributed by atoms with E-state index in [0.29, 0.717) is 12.1 Å². The summed E-state index contributed by atoms with van der Waals surface area (Å²) < 4.78 is 9.49. The molecule has 1 aromatic rings. The molecule has 102 valence electrons. The second kappa shape index (κ2) is 5.79. The van der Waals surface area contributed by atoms with Crippen molar-refractivity contribution in [1.82, 2.24) is 10.3 Å². The molecule has 0 unspecified atom stereocenters. The number of ether oxygens (including phenoxy) is 2. The normalized spacial score (nSPS) is 25.9. The highest BCUT2D eigenvalue weighted by Gasteiger charge is 2.43. The van der Waals surface area contributed by atoms with Crippen LogP contribution in [0.25, 0.3) is 0 Å². The molecule has 1 saturated heterocycles. The van der Waals surface area contributed by atoms with Crippen LogP contribution < -0.4 is 5.32 Å². The summed E-state index contributed by atoms with van der Waals surface area (Å²) >= 11 is 0. The molecular weight excluding hydrogens is 248 g/mol. The van der Waals surface area contributed by atoms with E-state index in [4.69, 9.17) is 9.47 Å². The second-order valence-corrected chi connectivity index (χ2v) is 4.34. The molecule has 2 rings (SSSR count). The molecule has 0 aromatic carbocycles. The van der Waals surface area contributed by atoms with Gasteiger partial charge in [0.25, 0.3) is 0 Å². The molecule has 0 aliphatic carbocycles. The first kappa shape index (κ1) is 13.5. The van der Waals surface area contributed by atoms with Gasteiger partial charge in [0.1, 0.15) is 6.04 Å². The predicted octanol–water partition coefficient (Wildman–Crippen LogP) is 0.447. The Morgan fingerprint density at radius 3 is 2.58 bits per heavy atom. The van der Waals surface area contributed by atoms with Crippen LogP contribution >= 0.6 is 0 Å². The zero-order valence-electron chi connectivity index (χ0n) is 10.8. The molecule has 2 heterocycles. The van der Waals surface area contributed by atoms with Crippen LogP contribution in [0.1, 0.15) is 18.2 Å². The van der Waals surface area contributed by atoms with E-state index < -0.39 is 12.0 Å². The van der Waals surface area contributed by atoms with Gasteiger partial charge in [0.2, 0.25) is 0 Å². The minimum Gasteiger partial charge on any atom is -0.469 e. The van der Waals surface area contributed by atoms with Crippen LogP contribution in [0.3, 0.4) is 0 Å². The van der Waals surface area contributed by atoms with Crippen molar-refractivity contribution in [3.63, 3.8) is 0 Å². The fourth-order valence-corrected chi connectivity index (χ4v) is 2.33. The number of nitrogens with one attached hydrogen (secondary N) is 1. The molecule has 1 aromatic heterocycles. The number of nitrogens with zero attached hydrogens (tertiary/aromatic N) is 1. The Labute approximate surface area is 111 Å². The number of hydrogen-bond acceptors (Lipinski definition) is 6. The Morgan fingerprint density at radius 2 is 2.00 bits per heavy atom. The quantitative estimate of drug-likeness (QED) is 0.799. The molecular formula is C13H16N2O4. The Balaban J connectivity index is 2.24. The summed E-state index contributed by atoms with van der Waals surface area (Å²) in [5.74, 6) is -1.18. The van der Waals surface area contributed by atoms with Gasteiger partial charge in [0.05, 0.1) is 31.9 Å². The molecule has 19 heavy (non-hydrogen) atoms. The van der Waals surface area contributed by atoms with Gasteiger partial charge in [-0.1, -0.05) is 6.07 Å². The van der Waals surface area contributed by atoms with Crippen LogP contribution in [-0.2, 0) is 19.1 Å². The number of methoxy groups -OCH3 is 2. The summed E-state index contributed by atoms with van der Waals surface area (Å²) in [7, 11) is 2.66. The van der Waals surface area contributed by atoms with Crippen molar-refractivity contribution in [3.8, 4) is 0 Å². The average Bonchev–Trinajstić information content (AvgIpc) is 2.91. The monoisotopic (exact) mass is 264 g/mol. The van der Waals surface area contributed by atoms with E-state index in [1.807, 2.05) is 12.1 Å². The molecule has 0 spiro atoms. The fraction of sp³-hybridized carbons (Fsp3) is 0.462. The lowest BCUT2D eigenvalue weighted by Gasteiger charge is -2.16. The molecule has 1 fully saturated rings. The third-order valence-electron chi connectivity index (χ3n) is 3.27. The van der Waals surface area contributed by atoms with E-state index in [9.17, 15) is 9.59 Å². The highest BCUT2D eigenvalue weighted by molar-refractivity contribution is 5.80. The lowest BCUT2D eigenvalue weighted by atomic mass is 9.96. The van der Waals surface area contributed by atoms with Gasteiger partial charge < -0.3 is 9.47 Å². The van der Waals surface area contributed by atoms with Crippen molar-refractivity contribution < 1.29 is 19.1 Å². The largest absolute Gasteiger partial charge is 0.469 e. The number of hydrogen-bond donors (Lipinski definition) is 1. The summed E-state index contributed by atoms with van der Waals surface area (Å²) in [5.41, 5.74) is 0.712. The molecule has 1 N–H and O–H groups in total. The average molecular weight is 264 g/mol. The van der Waals surface area contributed by atoms with E-state index in [0.717, 1.165) is 0 Å². The first-order chi connectivity index (χ1) is 9.17. The van der Waals surface area contributed by atoms with Crippen LogP contribution in [0.2, 0.25) is 0 Å². The van der Waals surface area contributed by atoms with Gasteiger partial charge in [-0.25, -0.2) is 0 Å².